The molecule has 0 atom stereocenters. The second-order valence-corrected chi connectivity index (χ2v) is 4.67. The highest BCUT2D eigenvalue weighted by atomic mass is 32.3. The molecule has 2 rings (SSSR count). The second-order valence-electron chi connectivity index (χ2n) is 2.12. The molecule has 0 spiro atoms. The van der Waals surface area contributed by atoms with Gasteiger partial charge in [0.15, 0.2) is 0 Å². The molecule has 1 heterocycles. The third-order valence-corrected chi connectivity index (χ3v) is 3.67. The van der Waals surface area contributed by atoms with Crippen LogP contribution in [0.5, 0.6) is 0 Å². The van der Waals surface area contributed by atoms with E-state index in [0.29, 0.717) is 0 Å². The van der Waals surface area contributed by atoms with E-state index >= 15 is 0 Å². The van der Waals surface area contributed by atoms with Gasteiger partial charge in [-0.1, -0.05) is 41.7 Å². The summed E-state index contributed by atoms with van der Waals surface area (Å²) in [6.07, 6.45) is 0. The maximum Gasteiger partial charge on any atom is 0.132 e. The molecule has 0 radical (unpaired) electrons. The number of benzene rings is 1. The van der Waals surface area contributed by atoms with E-state index in [1.165, 1.54) is 4.38 Å². The van der Waals surface area contributed by atoms with Crippen molar-refractivity contribution < 1.29 is 0 Å². The van der Waals surface area contributed by atoms with Gasteiger partial charge in [0, 0.05) is 0 Å². The van der Waals surface area contributed by atoms with E-state index in [4.69, 9.17) is 0 Å². The molecule has 0 saturated carbocycles. The van der Waals surface area contributed by atoms with E-state index in [9.17, 15) is 0 Å². The standard InChI is InChI=1S/C8H7NS2/c1-2-4-7(5-3-1)9-8-10-6-11-8/h1-5H,6H2. The average Bonchev–Trinajstić information content (AvgIpc) is 1.99. The summed E-state index contributed by atoms with van der Waals surface area (Å²) >= 11 is 3.63. The van der Waals surface area contributed by atoms with Gasteiger partial charge in [-0.2, -0.15) is 0 Å². The summed E-state index contributed by atoms with van der Waals surface area (Å²) in [5.41, 5.74) is 1.06. The molecule has 11 heavy (non-hydrogen) atoms. The fourth-order valence-electron chi connectivity index (χ4n) is 0.784. The largest absolute Gasteiger partial charge is 0.235 e. The van der Waals surface area contributed by atoms with Gasteiger partial charge in [-0.25, -0.2) is 4.99 Å². The highest BCUT2D eigenvalue weighted by Crippen LogP contribution is 2.34. The van der Waals surface area contributed by atoms with Crippen LogP contribution in [0.3, 0.4) is 0 Å². The number of hydrogen-bond acceptors (Lipinski definition) is 3. The van der Waals surface area contributed by atoms with Crippen molar-refractivity contribution in [2.24, 2.45) is 4.99 Å². The first kappa shape index (κ1) is 7.25. The molecule has 0 amide bonds. The van der Waals surface area contributed by atoms with Crippen molar-refractivity contribution in [3.05, 3.63) is 30.3 Å². The summed E-state index contributed by atoms with van der Waals surface area (Å²) in [5, 5.41) is 1.16. The third kappa shape index (κ3) is 1.79. The summed E-state index contributed by atoms with van der Waals surface area (Å²) in [4.78, 5) is 4.41. The van der Waals surface area contributed by atoms with Crippen molar-refractivity contribution in [1.29, 1.82) is 0 Å². The van der Waals surface area contributed by atoms with Crippen molar-refractivity contribution in [3.63, 3.8) is 0 Å². The smallest absolute Gasteiger partial charge is 0.132 e. The molecule has 1 aromatic carbocycles. The van der Waals surface area contributed by atoms with Crippen LogP contribution in [-0.4, -0.2) is 9.46 Å². The van der Waals surface area contributed by atoms with E-state index in [2.05, 4.69) is 4.99 Å². The number of nitrogens with zero attached hydrogens (tertiary/aromatic N) is 1. The van der Waals surface area contributed by atoms with Crippen LogP contribution in [0, 0.1) is 0 Å². The molecule has 1 nitrogen and oxygen atoms in total. The van der Waals surface area contributed by atoms with Gasteiger partial charge in [0.25, 0.3) is 0 Å². The summed E-state index contributed by atoms with van der Waals surface area (Å²) in [6.45, 7) is 0. The first-order chi connectivity index (χ1) is 5.45. The van der Waals surface area contributed by atoms with Crippen LogP contribution in [-0.2, 0) is 0 Å². The topological polar surface area (TPSA) is 12.4 Å². The zero-order chi connectivity index (χ0) is 7.52. The molecule has 0 aromatic heterocycles. The molecule has 1 saturated heterocycles. The van der Waals surface area contributed by atoms with Crippen molar-refractivity contribution in [1.82, 2.24) is 0 Å². The zero-order valence-electron chi connectivity index (χ0n) is 5.86. The first-order valence-corrected chi connectivity index (χ1v) is 5.31. The van der Waals surface area contributed by atoms with Crippen LogP contribution >= 0.6 is 23.5 Å². The number of aliphatic imine (C=N–C) groups is 1. The van der Waals surface area contributed by atoms with Gasteiger partial charge < -0.3 is 0 Å². The minimum absolute atomic E-state index is 1.06. The molecular weight excluding hydrogens is 174 g/mol. The lowest BCUT2D eigenvalue weighted by Gasteiger charge is -2.11. The average molecular weight is 181 g/mol. The lowest BCUT2D eigenvalue weighted by molar-refractivity contribution is 1.55. The maximum atomic E-state index is 4.41. The van der Waals surface area contributed by atoms with Crippen molar-refractivity contribution >= 4 is 33.6 Å². The van der Waals surface area contributed by atoms with E-state index in [-0.39, 0.29) is 0 Å². The molecule has 1 aromatic rings. The maximum absolute atomic E-state index is 4.41. The van der Waals surface area contributed by atoms with E-state index < -0.39 is 0 Å². The Kier molecular flexibility index (Phi) is 2.19. The van der Waals surface area contributed by atoms with Crippen LogP contribution in [0.2, 0.25) is 0 Å². The normalized spacial score (nSPS) is 15.8. The predicted octanol–water partition coefficient (Wildman–Crippen LogP) is 3.11. The van der Waals surface area contributed by atoms with Crippen molar-refractivity contribution in [2.75, 3.05) is 5.08 Å². The van der Waals surface area contributed by atoms with Crippen LogP contribution in [0.15, 0.2) is 35.3 Å². The molecular formula is C8H7NS2. The Balaban J connectivity index is 2.17. The van der Waals surface area contributed by atoms with Gasteiger partial charge in [-0.05, 0) is 12.1 Å². The van der Waals surface area contributed by atoms with E-state index in [1.54, 1.807) is 0 Å². The van der Waals surface area contributed by atoms with Gasteiger partial charge >= 0.3 is 0 Å². The van der Waals surface area contributed by atoms with Crippen LogP contribution in [0.25, 0.3) is 0 Å². The quantitative estimate of drug-likeness (QED) is 0.660. The van der Waals surface area contributed by atoms with Gasteiger partial charge in [0.2, 0.25) is 0 Å². The van der Waals surface area contributed by atoms with Gasteiger partial charge in [0.05, 0.1) is 10.8 Å². The summed E-state index contributed by atoms with van der Waals surface area (Å²) in [6, 6.07) is 10.1. The molecule has 0 aliphatic carbocycles. The summed E-state index contributed by atoms with van der Waals surface area (Å²) in [7, 11) is 0. The third-order valence-electron chi connectivity index (χ3n) is 1.34. The van der Waals surface area contributed by atoms with Gasteiger partial charge in [0.1, 0.15) is 4.38 Å². The Morgan fingerprint density at radius 3 is 2.36 bits per heavy atom. The molecule has 56 valence electrons. The Morgan fingerprint density at radius 2 is 1.82 bits per heavy atom. The lowest BCUT2D eigenvalue weighted by atomic mass is 10.3. The van der Waals surface area contributed by atoms with Crippen LogP contribution in [0.1, 0.15) is 0 Å². The monoisotopic (exact) mass is 181 g/mol. The van der Waals surface area contributed by atoms with Crippen molar-refractivity contribution in [3.8, 4) is 0 Å². The Hall–Kier alpha value is -0.410. The van der Waals surface area contributed by atoms with Crippen molar-refractivity contribution in [2.45, 2.75) is 0 Å². The SMILES string of the molecule is c1ccc(N=C2SCS2)cc1. The van der Waals surface area contributed by atoms with Crippen LogP contribution < -0.4 is 0 Å². The number of hydrogen-bond donors (Lipinski definition) is 0. The first-order valence-electron chi connectivity index (χ1n) is 3.34. The minimum Gasteiger partial charge on any atom is -0.235 e. The minimum atomic E-state index is 1.06. The number of rotatable bonds is 1. The molecule has 1 fully saturated rings. The predicted molar refractivity (Wildman–Crippen MR) is 53.6 cm³/mol. The highest BCUT2D eigenvalue weighted by Gasteiger charge is 2.11. The van der Waals surface area contributed by atoms with E-state index in [0.717, 1.165) is 10.8 Å². The molecule has 0 bridgehead atoms. The number of thioether (sulfide) groups is 2. The lowest BCUT2D eigenvalue weighted by Crippen LogP contribution is -1.96. The highest BCUT2D eigenvalue weighted by molar-refractivity contribution is 8.52. The van der Waals surface area contributed by atoms with Gasteiger partial charge in [-0.3, -0.25) is 0 Å². The Morgan fingerprint density at radius 1 is 1.09 bits per heavy atom. The molecule has 1 aliphatic rings. The zero-order valence-corrected chi connectivity index (χ0v) is 7.49. The van der Waals surface area contributed by atoms with E-state index in [1.807, 2.05) is 53.9 Å². The molecule has 1 aliphatic heterocycles. The molecule has 3 heteroatoms. The van der Waals surface area contributed by atoms with Gasteiger partial charge in [-0.15, -0.1) is 0 Å². The fourth-order valence-corrected chi connectivity index (χ4v) is 2.02. The summed E-state index contributed by atoms with van der Waals surface area (Å²) in [5.74, 6) is 0. The Bertz CT molecular complexity index is 263. The summed E-state index contributed by atoms with van der Waals surface area (Å²) < 4.78 is 1.19. The molecule has 0 unspecified atom stereocenters. The fraction of sp³-hybridized carbons (Fsp3) is 0.125. The molecule has 0 N–H and O–H groups in total. The second kappa shape index (κ2) is 3.32. The number of para-hydroxylation sites is 1. The Labute approximate surface area is 74.3 Å². The van der Waals surface area contributed by atoms with Crippen LogP contribution in [0.4, 0.5) is 5.69 Å².